The van der Waals surface area contributed by atoms with E-state index in [1.54, 1.807) is 0 Å². The fraction of sp³-hybridized carbons (Fsp3) is 0.636. The molecule has 1 N–H and O–H groups in total. The maximum absolute atomic E-state index is 10.5. The lowest BCUT2D eigenvalue weighted by Gasteiger charge is -2.00. The normalized spacial score (nSPS) is 10.6. The molecule has 15 heavy (non-hydrogen) atoms. The van der Waals surface area contributed by atoms with E-state index in [9.17, 15) is 4.79 Å². The zero-order chi connectivity index (χ0) is 11.4. The van der Waals surface area contributed by atoms with Crippen molar-refractivity contribution in [1.29, 1.82) is 0 Å². The van der Waals surface area contributed by atoms with Crippen LogP contribution in [0.15, 0.2) is 0 Å². The van der Waals surface area contributed by atoms with E-state index in [4.69, 9.17) is 5.11 Å². The third-order valence-electron chi connectivity index (χ3n) is 2.59. The SMILES string of the molecule is CCCc1c(C)c(CCC(=O)O)nn1C. The fourth-order valence-corrected chi connectivity index (χ4v) is 1.77. The molecule has 0 amide bonds. The number of rotatable bonds is 5. The van der Waals surface area contributed by atoms with Gasteiger partial charge in [-0.15, -0.1) is 0 Å². The molecule has 1 rings (SSSR count). The average Bonchev–Trinajstić information content (AvgIpc) is 2.43. The van der Waals surface area contributed by atoms with Gasteiger partial charge in [-0.1, -0.05) is 13.3 Å². The Morgan fingerprint density at radius 3 is 2.67 bits per heavy atom. The summed E-state index contributed by atoms with van der Waals surface area (Å²) in [5.74, 6) is -0.767. The maximum Gasteiger partial charge on any atom is 0.303 e. The van der Waals surface area contributed by atoms with E-state index in [1.165, 1.54) is 5.69 Å². The van der Waals surface area contributed by atoms with Gasteiger partial charge in [0.1, 0.15) is 0 Å². The predicted octanol–water partition coefficient (Wildman–Crippen LogP) is 1.70. The number of carboxylic acids is 1. The van der Waals surface area contributed by atoms with Gasteiger partial charge in [0, 0.05) is 19.2 Å². The number of aliphatic carboxylic acids is 1. The van der Waals surface area contributed by atoms with Gasteiger partial charge in [-0.3, -0.25) is 9.48 Å². The van der Waals surface area contributed by atoms with Crippen molar-refractivity contribution in [1.82, 2.24) is 9.78 Å². The van der Waals surface area contributed by atoms with Crippen molar-refractivity contribution in [3.8, 4) is 0 Å². The Hall–Kier alpha value is -1.32. The maximum atomic E-state index is 10.5. The van der Waals surface area contributed by atoms with E-state index in [1.807, 2.05) is 18.7 Å². The van der Waals surface area contributed by atoms with E-state index in [-0.39, 0.29) is 6.42 Å². The average molecular weight is 210 g/mol. The van der Waals surface area contributed by atoms with Gasteiger partial charge in [0.15, 0.2) is 0 Å². The molecule has 84 valence electrons. The molecular weight excluding hydrogens is 192 g/mol. The quantitative estimate of drug-likeness (QED) is 0.804. The summed E-state index contributed by atoms with van der Waals surface area (Å²) in [5.41, 5.74) is 3.29. The lowest BCUT2D eigenvalue weighted by atomic mass is 10.1. The summed E-state index contributed by atoms with van der Waals surface area (Å²) in [4.78, 5) is 10.5. The molecule has 0 unspecified atom stereocenters. The molecule has 0 radical (unpaired) electrons. The molecule has 0 aromatic carbocycles. The number of aromatic nitrogens is 2. The van der Waals surface area contributed by atoms with E-state index in [0.29, 0.717) is 6.42 Å². The summed E-state index contributed by atoms with van der Waals surface area (Å²) in [5, 5.41) is 13.0. The first-order valence-corrected chi connectivity index (χ1v) is 5.29. The van der Waals surface area contributed by atoms with Gasteiger partial charge in [0.05, 0.1) is 12.1 Å². The van der Waals surface area contributed by atoms with Crippen LogP contribution in [-0.2, 0) is 24.7 Å². The Kier molecular flexibility index (Phi) is 3.88. The van der Waals surface area contributed by atoms with Gasteiger partial charge in [-0.05, 0) is 18.9 Å². The van der Waals surface area contributed by atoms with Gasteiger partial charge in [-0.25, -0.2) is 0 Å². The standard InChI is InChI=1S/C11H18N2O2/c1-4-5-10-8(2)9(12-13(10)3)6-7-11(14)15/h4-7H2,1-3H3,(H,14,15). The van der Waals surface area contributed by atoms with Crippen molar-refractivity contribution < 1.29 is 9.90 Å². The molecule has 0 saturated carbocycles. The Bertz CT molecular complexity index is 356. The molecule has 0 aliphatic heterocycles. The van der Waals surface area contributed by atoms with Gasteiger partial charge >= 0.3 is 5.97 Å². The number of hydrogen-bond donors (Lipinski definition) is 1. The van der Waals surface area contributed by atoms with Crippen LogP contribution in [-0.4, -0.2) is 20.9 Å². The Labute approximate surface area is 89.9 Å². The van der Waals surface area contributed by atoms with Crippen LogP contribution < -0.4 is 0 Å². The van der Waals surface area contributed by atoms with Gasteiger partial charge in [0.2, 0.25) is 0 Å². The summed E-state index contributed by atoms with van der Waals surface area (Å²) in [6, 6.07) is 0. The number of hydrogen-bond acceptors (Lipinski definition) is 2. The minimum Gasteiger partial charge on any atom is -0.481 e. The lowest BCUT2D eigenvalue weighted by Crippen LogP contribution is -1.99. The van der Waals surface area contributed by atoms with Crippen LogP contribution in [0.4, 0.5) is 0 Å². The molecule has 1 aromatic rings. The van der Waals surface area contributed by atoms with E-state index in [2.05, 4.69) is 12.0 Å². The first-order chi connectivity index (χ1) is 7.06. The van der Waals surface area contributed by atoms with E-state index < -0.39 is 5.97 Å². The third-order valence-corrected chi connectivity index (χ3v) is 2.59. The first kappa shape index (κ1) is 11.8. The summed E-state index contributed by atoms with van der Waals surface area (Å²) >= 11 is 0. The highest BCUT2D eigenvalue weighted by Crippen LogP contribution is 2.15. The molecule has 0 saturated heterocycles. The van der Waals surface area contributed by atoms with Crippen molar-refractivity contribution in [3.05, 3.63) is 17.0 Å². The molecule has 1 heterocycles. The van der Waals surface area contributed by atoms with Crippen LogP contribution >= 0.6 is 0 Å². The smallest absolute Gasteiger partial charge is 0.303 e. The minimum atomic E-state index is -0.767. The van der Waals surface area contributed by atoms with Crippen molar-refractivity contribution in [2.75, 3.05) is 0 Å². The summed E-state index contributed by atoms with van der Waals surface area (Å²) in [6.45, 7) is 4.15. The van der Waals surface area contributed by atoms with Crippen LogP contribution in [0, 0.1) is 6.92 Å². The topological polar surface area (TPSA) is 55.1 Å². The van der Waals surface area contributed by atoms with Crippen LogP contribution in [0.3, 0.4) is 0 Å². The monoisotopic (exact) mass is 210 g/mol. The lowest BCUT2D eigenvalue weighted by molar-refractivity contribution is -0.136. The zero-order valence-electron chi connectivity index (χ0n) is 9.58. The van der Waals surface area contributed by atoms with Crippen molar-refractivity contribution in [2.45, 2.75) is 39.5 Å². The molecule has 1 aromatic heterocycles. The Balaban J connectivity index is 2.81. The fourth-order valence-electron chi connectivity index (χ4n) is 1.77. The third kappa shape index (κ3) is 2.81. The predicted molar refractivity (Wildman–Crippen MR) is 57.9 cm³/mol. The van der Waals surface area contributed by atoms with Gasteiger partial charge < -0.3 is 5.11 Å². The van der Waals surface area contributed by atoms with Crippen molar-refractivity contribution >= 4 is 5.97 Å². The van der Waals surface area contributed by atoms with Crippen molar-refractivity contribution in [3.63, 3.8) is 0 Å². The van der Waals surface area contributed by atoms with Crippen LogP contribution in [0.2, 0.25) is 0 Å². The molecular formula is C11H18N2O2. The highest BCUT2D eigenvalue weighted by atomic mass is 16.4. The molecule has 4 heteroatoms. The number of carbonyl (C=O) groups is 1. The molecule has 0 fully saturated rings. The van der Waals surface area contributed by atoms with Gasteiger partial charge in [-0.2, -0.15) is 5.10 Å². The second kappa shape index (κ2) is 4.96. The second-order valence-corrected chi connectivity index (χ2v) is 3.79. The second-order valence-electron chi connectivity index (χ2n) is 3.79. The largest absolute Gasteiger partial charge is 0.481 e. The van der Waals surface area contributed by atoms with Crippen LogP contribution in [0.1, 0.15) is 36.7 Å². The summed E-state index contributed by atoms with van der Waals surface area (Å²) in [6.07, 6.45) is 2.77. The first-order valence-electron chi connectivity index (χ1n) is 5.29. The number of carboxylic acid groups (broad SMARTS) is 1. The van der Waals surface area contributed by atoms with Crippen LogP contribution in [0.25, 0.3) is 0 Å². The highest BCUT2D eigenvalue weighted by Gasteiger charge is 2.12. The Morgan fingerprint density at radius 2 is 2.13 bits per heavy atom. The van der Waals surface area contributed by atoms with Crippen LogP contribution in [0.5, 0.6) is 0 Å². The zero-order valence-corrected chi connectivity index (χ0v) is 9.58. The number of nitrogens with zero attached hydrogens (tertiary/aromatic N) is 2. The molecule has 0 aliphatic carbocycles. The number of aryl methyl sites for hydroxylation is 2. The minimum absolute atomic E-state index is 0.156. The summed E-state index contributed by atoms with van der Waals surface area (Å²) < 4.78 is 1.87. The van der Waals surface area contributed by atoms with Crippen molar-refractivity contribution in [2.24, 2.45) is 7.05 Å². The molecule has 0 atom stereocenters. The Morgan fingerprint density at radius 1 is 1.47 bits per heavy atom. The molecule has 0 bridgehead atoms. The highest BCUT2D eigenvalue weighted by molar-refractivity contribution is 5.67. The van der Waals surface area contributed by atoms with E-state index >= 15 is 0 Å². The van der Waals surface area contributed by atoms with E-state index in [0.717, 1.165) is 24.1 Å². The molecule has 0 aliphatic rings. The summed E-state index contributed by atoms with van der Waals surface area (Å²) in [7, 11) is 1.92. The molecule has 4 nitrogen and oxygen atoms in total. The van der Waals surface area contributed by atoms with Gasteiger partial charge in [0.25, 0.3) is 0 Å². The molecule has 0 spiro atoms.